The van der Waals surface area contributed by atoms with E-state index in [9.17, 15) is 4.79 Å². The number of nitrogens with zero attached hydrogens (tertiary/aromatic N) is 1. The van der Waals surface area contributed by atoms with Crippen LogP contribution in [0.25, 0.3) is 0 Å². The summed E-state index contributed by atoms with van der Waals surface area (Å²) in [6.45, 7) is 4.68. The molecule has 1 aromatic rings. The van der Waals surface area contributed by atoms with Crippen molar-refractivity contribution in [2.45, 2.75) is 26.3 Å². The summed E-state index contributed by atoms with van der Waals surface area (Å²) >= 11 is 0. The molecule has 0 spiro atoms. The summed E-state index contributed by atoms with van der Waals surface area (Å²) in [5.74, 6) is -0.340. The van der Waals surface area contributed by atoms with E-state index in [-0.39, 0.29) is 0 Å². The van der Waals surface area contributed by atoms with Crippen LogP contribution in [0, 0.1) is 5.92 Å². The molecule has 18 heavy (non-hydrogen) atoms. The summed E-state index contributed by atoms with van der Waals surface area (Å²) in [6.07, 6.45) is 1.05. The summed E-state index contributed by atoms with van der Waals surface area (Å²) < 4.78 is 0. The number of hydrogen-bond acceptors (Lipinski definition) is 3. The van der Waals surface area contributed by atoms with E-state index >= 15 is 0 Å². The highest BCUT2D eigenvalue weighted by atomic mass is 16.4. The van der Waals surface area contributed by atoms with E-state index in [1.807, 2.05) is 24.1 Å². The van der Waals surface area contributed by atoms with E-state index < -0.39 is 12.0 Å². The Balaban J connectivity index is 2.64. The Morgan fingerprint density at radius 3 is 2.33 bits per heavy atom. The highest BCUT2D eigenvalue weighted by Crippen LogP contribution is 2.16. The fourth-order valence-corrected chi connectivity index (χ4v) is 1.84. The lowest BCUT2D eigenvalue weighted by Crippen LogP contribution is -2.41. The molecule has 100 valence electrons. The molecular weight excluding hydrogens is 228 g/mol. The van der Waals surface area contributed by atoms with Crippen molar-refractivity contribution in [3.05, 3.63) is 29.8 Å². The molecule has 0 aliphatic rings. The molecule has 0 amide bonds. The van der Waals surface area contributed by atoms with Gasteiger partial charge in [0.25, 0.3) is 0 Å². The third-order valence-electron chi connectivity index (χ3n) is 2.81. The van der Waals surface area contributed by atoms with Crippen LogP contribution >= 0.6 is 0 Å². The minimum Gasteiger partial charge on any atom is -0.480 e. The summed E-state index contributed by atoms with van der Waals surface area (Å²) in [4.78, 5) is 12.5. The third-order valence-corrected chi connectivity index (χ3v) is 2.81. The van der Waals surface area contributed by atoms with Gasteiger partial charge in [0, 0.05) is 19.3 Å². The SMILES string of the molecule is CC(C)Cc1ccc(N(C)CC(N)C(=O)O)cc1. The molecule has 0 aromatic heterocycles. The molecule has 1 unspecified atom stereocenters. The number of aliphatic carboxylic acids is 1. The number of nitrogens with two attached hydrogens (primary N) is 1. The fourth-order valence-electron chi connectivity index (χ4n) is 1.84. The van der Waals surface area contributed by atoms with Gasteiger partial charge in [-0.2, -0.15) is 0 Å². The molecule has 0 fully saturated rings. The average Bonchev–Trinajstić information content (AvgIpc) is 2.28. The van der Waals surface area contributed by atoms with Crippen molar-refractivity contribution in [2.24, 2.45) is 11.7 Å². The topological polar surface area (TPSA) is 66.6 Å². The molecule has 0 bridgehead atoms. The summed E-state index contributed by atoms with van der Waals surface area (Å²) in [5, 5.41) is 8.77. The van der Waals surface area contributed by atoms with Crippen molar-refractivity contribution in [3.8, 4) is 0 Å². The molecule has 0 radical (unpaired) electrons. The van der Waals surface area contributed by atoms with Gasteiger partial charge in [0.2, 0.25) is 0 Å². The van der Waals surface area contributed by atoms with Crippen molar-refractivity contribution in [2.75, 3.05) is 18.5 Å². The van der Waals surface area contributed by atoms with Crippen LogP contribution in [-0.4, -0.2) is 30.7 Å². The van der Waals surface area contributed by atoms with Gasteiger partial charge in [-0.25, -0.2) is 0 Å². The first-order valence-electron chi connectivity index (χ1n) is 6.18. The smallest absolute Gasteiger partial charge is 0.322 e. The second-order valence-corrected chi connectivity index (χ2v) is 5.09. The maximum absolute atomic E-state index is 10.7. The Morgan fingerprint density at radius 1 is 1.33 bits per heavy atom. The van der Waals surface area contributed by atoms with Crippen LogP contribution < -0.4 is 10.6 Å². The lowest BCUT2D eigenvalue weighted by Gasteiger charge is -2.21. The molecule has 0 aliphatic heterocycles. The van der Waals surface area contributed by atoms with E-state index in [1.54, 1.807) is 0 Å². The Morgan fingerprint density at radius 2 is 1.89 bits per heavy atom. The molecule has 3 N–H and O–H groups in total. The lowest BCUT2D eigenvalue weighted by atomic mass is 10.0. The monoisotopic (exact) mass is 250 g/mol. The van der Waals surface area contributed by atoms with Crippen LogP contribution in [0.4, 0.5) is 5.69 Å². The zero-order chi connectivity index (χ0) is 13.7. The second kappa shape index (κ2) is 6.40. The Kier molecular flexibility index (Phi) is 5.16. The number of anilines is 1. The van der Waals surface area contributed by atoms with Gasteiger partial charge >= 0.3 is 5.97 Å². The zero-order valence-electron chi connectivity index (χ0n) is 11.3. The number of likely N-dealkylation sites (N-methyl/N-ethyl adjacent to an activating group) is 1. The highest BCUT2D eigenvalue weighted by molar-refractivity contribution is 5.74. The third kappa shape index (κ3) is 4.37. The van der Waals surface area contributed by atoms with Gasteiger partial charge in [0.15, 0.2) is 0 Å². The maximum Gasteiger partial charge on any atom is 0.322 e. The minimum absolute atomic E-state index is 0.304. The Bertz CT molecular complexity index is 387. The van der Waals surface area contributed by atoms with Crippen molar-refractivity contribution in [3.63, 3.8) is 0 Å². The second-order valence-electron chi connectivity index (χ2n) is 5.09. The number of hydrogen-bond donors (Lipinski definition) is 2. The zero-order valence-corrected chi connectivity index (χ0v) is 11.3. The van der Waals surface area contributed by atoms with Crippen LogP contribution in [0.5, 0.6) is 0 Å². The maximum atomic E-state index is 10.7. The van der Waals surface area contributed by atoms with E-state index in [0.717, 1.165) is 12.1 Å². The van der Waals surface area contributed by atoms with Crippen LogP contribution in [0.2, 0.25) is 0 Å². The number of carboxylic acids is 1. The minimum atomic E-state index is -0.974. The average molecular weight is 250 g/mol. The molecule has 0 aliphatic carbocycles. The summed E-state index contributed by atoms with van der Waals surface area (Å²) in [7, 11) is 1.85. The molecule has 1 aromatic carbocycles. The standard InChI is InChI=1S/C14H22N2O2/c1-10(2)8-11-4-6-12(7-5-11)16(3)9-13(15)14(17)18/h4-7,10,13H,8-9,15H2,1-3H3,(H,17,18). The van der Waals surface area contributed by atoms with Gasteiger partial charge in [0.05, 0.1) is 0 Å². The molecule has 0 saturated heterocycles. The summed E-state index contributed by atoms with van der Waals surface area (Å²) in [6, 6.07) is 7.32. The number of carbonyl (C=O) groups is 1. The molecule has 0 saturated carbocycles. The van der Waals surface area contributed by atoms with Gasteiger partial charge in [-0.1, -0.05) is 26.0 Å². The molecule has 4 heteroatoms. The number of benzene rings is 1. The first-order chi connectivity index (χ1) is 8.40. The van der Waals surface area contributed by atoms with E-state index in [0.29, 0.717) is 12.5 Å². The summed E-state index contributed by atoms with van der Waals surface area (Å²) in [5.41, 5.74) is 7.79. The van der Waals surface area contributed by atoms with E-state index in [2.05, 4.69) is 26.0 Å². The van der Waals surface area contributed by atoms with Crippen LogP contribution in [0.3, 0.4) is 0 Å². The number of carboxylic acid groups (broad SMARTS) is 1. The molecule has 1 atom stereocenters. The van der Waals surface area contributed by atoms with Gasteiger partial charge in [0.1, 0.15) is 6.04 Å². The van der Waals surface area contributed by atoms with Crippen LogP contribution in [0.15, 0.2) is 24.3 Å². The largest absolute Gasteiger partial charge is 0.480 e. The van der Waals surface area contributed by atoms with E-state index in [1.165, 1.54) is 5.56 Å². The van der Waals surface area contributed by atoms with Crippen molar-refractivity contribution < 1.29 is 9.90 Å². The quantitative estimate of drug-likeness (QED) is 0.807. The van der Waals surface area contributed by atoms with Gasteiger partial charge in [-0.3, -0.25) is 4.79 Å². The van der Waals surface area contributed by atoms with Gasteiger partial charge < -0.3 is 15.7 Å². The number of rotatable bonds is 6. The van der Waals surface area contributed by atoms with E-state index in [4.69, 9.17) is 10.8 Å². The fraction of sp³-hybridized carbons (Fsp3) is 0.500. The predicted octanol–water partition coefficient (Wildman–Crippen LogP) is 1.73. The molecule has 4 nitrogen and oxygen atoms in total. The van der Waals surface area contributed by atoms with Crippen molar-refractivity contribution in [1.82, 2.24) is 0 Å². The molecule has 0 heterocycles. The van der Waals surface area contributed by atoms with Crippen molar-refractivity contribution >= 4 is 11.7 Å². The van der Waals surface area contributed by atoms with Gasteiger partial charge in [-0.05, 0) is 30.0 Å². The highest BCUT2D eigenvalue weighted by Gasteiger charge is 2.14. The predicted molar refractivity (Wildman–Crippen MR) is 73.9 cm³/mol. The van der Waals surface area contributed by atoms with Crippen LogP contribution in [-0.2, 0) is 11.2 Å². The lowest BCUT2D eigenvalue weighted by molar-refractivity contribution is -0.138. The van der Waals surface area contributed by atoms with Crippen LogP contribution in [0.1, 0.15) is 19.4 Å². The normalized spacial score (nSPS) is 12.5. The molecule has 1 rings (SSSR count). The Labute approximate surface area is 108 Å². The molecular formula is C14H22N2O2. The first-order valence-corrected chi connectivity index (χ1v) is 6.18. The first kappa shape index (κ1) is 14.5. The Hall–Kier alpha value is -1.55. The van der Waals surface area contributed by atoms with Gasteiger partial charge in [-0.15, -0.1) is 0 Å². The van der Waals surface area contributed by atoms with Crippen molar-refractivity contribution in [1.29, 1.82) is 0 Å².